The Hall–Kier alpha value is -4.34. The minimum Gasteiger partial charge on any atom is -0.507 e. The molecule has 1 atom stereocenters. The highest BCUT2D eigenvalue weighted by Gasteiger charge is 2.46. The second kappa shape index (κ2) is 13.8. The van der Waals surface area contributed by atoms with Crippen molar-refractivity contribution >= 4 is 17.4 Å². The van der Waals surface area contributed by atoms with Crippen LogP contribution in [-0.4, -0.2) is 77.7 Å². The second-order valence-corrected chi connectivity index (χ2v) is 10.7. The molecule has 0 saturated carbocycles. The van der Waals surface area contributed by atoms with Gasteiger partial charge in [-0.3, -0.25) is 14.5 Å². The van der Waals surface area contributed by atoms with Gasteiger partial charge in [0.15, 0.2) is 11.5 Å². The first-order chi connectivity index (χ1) is 20.9. The van der Waals surface area contributed by atoms with E-state index in [0.29, 0.717) is 61.8 Å². The molecule has 1 amide bonds. The second-order valence-electron chi connectivity index (χ2n) is 10.7. The number of aryl methyl sites for hydroxylation is 1. The smallest absolute Gasteiger partial charge is 0.295 e. The van der Waals surface area contributed by atoms with Crippen LogP contribution < -0.4 is 9.47 Å². The number of aliphatic hydroxyl groups excluding tert-OH is 1. The number of amides is 1. The summed E-state index contributed by atoms with van der Waals surface area (Å²) in [5.41, 5.74) is 2.73. The van der Waals surface area contributed by atoms with Gasteiger partial charge in [0, 0.05) is 31.7 Å². The fourth-order valence-corrected chi connectivity index (χ4v) is 5.60. The predicted octanol–water partition coefficient (Wildman–Crippen LogP) is 4.82. The lowest BCUT2D eigenvalue weighted by atomic mass is 9.93. The van der Waals surface area contributed by atoms with E-state index >= 15 is 0 Å². The summed E-state index contributed by atoms with van der Waals surface area (Å²) in [7, 11) is 0. The summed E-state index contributed by atoms with van der Waals surface area (Å²) in [6.07, 6.45) is 0.645. The molecule has 2 saturated heterocycles. The lowest BCUT2D eigenvalue weighted by molar-refractivity contribution is -0.140. The molecule has 0 bridgehead atoms. The van der Waals surface area contributed by atoms with Crippen molar-refractivity contribution in [2.75, 3.05) is 46.0 Å². The molecule has 2 aliphatic rings. The molecule has 0 aromatic heterocycles. The van der Waals surface area contributed by atoms with Crippen LogP contribution in [0.2, 0.25) is 0 Å². The molecule has 9 nitrogen and oxygen atoms in total. The van der Waals surface area contributed by atoms with E-state index in [9.17, 15) is 19.8 Å². The van der Waals surface area contributed by atoms with Gasteiger partial charge >= 0.3 is 0 Å². The molecule has 43 heavy (non-hydrogen) atoms. The zero-order valence-corrected chi connectivity index (χ0v) is 24.6. The maximum Gasteiger partial charge on any atom is 0.295 e. The van der Waals surface area contributed by atoms with Crippen LogP contribution in [0.3, 0.4) is 0 Å². The number of carbonyl (C=O) groups excluding carboxylic acids is 2. The van der Waals surface area contributed by atoms with Crippen molar-refractivity contribution in [3.63, 3.8) is 0 Å². The first kappa shape index (κ1) is 30.1. The van der Waals surface area contributed by atoms with Crippen molar-refractivity contribution in [2.24, 2.45) is 0 Å². The number of aromatic hydroxyl groups is 1. The Morgan fingerprint density at radius 2 is 1.74 bits per heavy atom. The van der Waals surface area contributed by atoms with Crippen molar-refractivity contribution in [1.82, 2.24) is 9.80 Å². The van der Waals surface area contributed by atoms with Crippen LogP contribution in [0.4, 0.5) is 0 Å². The molecule has 3 aromatic rings. The molecular formula is C34H38N2O7. The summed E-state index contributed by atoms with van der Waals surface area (Å²) < 4.78 is 17.0. The van der Waals surface area contributed by atoms with E-state index in [4.69, 9.17) is 14.2 Å². The number of benzene rings is 3. The van der Waals surface area contributed by atoms with Crippen LogP contribution in [-0.2, 0) is 20.9 Å². The summed E-state index contributed by atoms with van der Waals surface area (Å²) in [5.74, 6) is -0.842. The monoisotopic (exact) mass is 586 g/mol. The minimum atomic E-state index is -0.849. The summed E-state index contributed by atoms with van der Waals surface area (Å²) in [6.45, 7) is 8.41. The van der Waals surface area contributed by atoms with E-state index in [1.165, 1.54) is 11.0 Å². The van der Waals surface area contributed by atoms with Gasteiger partial charge in [0.25, 0.3) is 11.7 Å². The molecule has 2 fully saturated rings. The maximum atomic E-state index is 13.6. The van der Waals surface area contributed by atoms with Gasteiger partial charge in [-0.05, 0) is 67.3 Å². The fraction of sp³-hybridized carbons (Fsp3) is 0.353. The molecule has 0 unspecified atom stereocenters. The molecule has 2 N–H and O–H groups in total. The van der Waals surface area contributed by atoms with E-state index in [1.807, 2.05) is 37.3 Å². The third-order valence-corrected chi connectivity index (χ3v) is 7.82. The van der Waals surface area contributed by atoms with Gasteiger partial charge in [0.2, 0.25) is 0 Å². The highest BCUT2D eigenvalue weighted by molar-refractivity contribution is 6.46. The van der Waals surface area contributed by atoms with E-state index in [-0.39, 0.29) is 22.8 Å². The number of phenols is 1. The summed E-state index contributed by atoms with van der Waals surface area (Å²) in [6, 6.07) is 19.0. The topological polar surface area (TPSA) is 109 Å². The summed E-state index contributed by atoms with van der Waals surface area (Å²) in [5, 5.41) is 22.0. The van der Waals surface area contributed by atoms with Gasteiger partial charge in [-0.1, -0.05) is 36.4 Å². The van der Waals surface area contributed by atoms with Crippen LogP contribution in [0.5, 0.6) is 17.2 Å². The Kier molecular flexibility index (Phi) is 9.64. The van der Waals surface area contributed by atoms with Crippen molar-refractivity contribution < 1.29 is 34.0 Å². The number of nitrogens with zero attached hydrogens (tertiary/aromatic N) is 2. The Morgan fingerprint density at radius 3 is 2.47 bits per heavy atom. The quantitative estimate of drug-likeness (QED) is 0.187. The van der Waals surface area contributed by atoms with Crippen molar-refractivity contribution in [1.29, 1.82) is 0 Å². The number of morpholine rings is 1. The summed E-state index contributed by atoms with van der Waals surface area (Å²) >= 11 is 0. The first-order valence-electron chi connectivity index (χ1n) is 14.7. The van der Waals surface area contributed by atoms with Gasteiger partial charge in [0.05, 0.1) is 31.4 Å². The van der Waals surface area contributed by atoms with Crippen LogP contribution in [0, 0.1) is 6.92 Å². The van der Waals surface area contributed by atoms with Crippen LogP contribution in [0.15, 0.2) is 72.3 Å². The standard InChI is InChI=1S/C34H38N2O7/c1-3-42-29-21-25(10-13-28(29)37)31-30(33(39)34(40)36(31)15-7-14-35-16-18-41-19-17-35)32(38)27-12-11-26(20-23(27)2)43-22-24-8-5-4-6-9-24/h4-6,8-13,20-21,31,37-38H,3,7,14-19,22H2,1-2H3/t31-/m1/s1. The third kappa shape index (κ3) is 6.84. The number of ketones is 1. The lowest BCUT2D eigenvalue weighted by Crippen LogP contribution is -2.38. The van der Waals surface area contributed by atoms with Crippen LogP contribution >= 0.6 is 0 Å². The Balaban J connectivity index is 1.46. The number of likely N-dealkylation sites (tertiary alicyclic amines) is 1. The zero-order valence-electron chi connectivity index (χ0n) is 24.6. The number of hydrogen-bond donors (Lipinski definition) is 2. The van der Waals surface area contributed by atoms with Gasteiger partial charge in [-0.15, -0.1) is 0 Å². The largest absolute Gasteiger partial charge is 0.507 e. The number of ether oxygens (including phenoxy) is 3. The molecule has 0 spiro atoms. The van der Waals surface area contributed by atoms with Gasteiger partial charge in [-0.25, -0.2) is 0 Å². The highest BCUT2D eigenvalue weighted by atomic mass is 16.5. The predicted molar refractivity (Wildman–Crippen MR) is 162 cm³/mol. The Labute approximate surface area is 251 Å². The van der Waals surface area contributed by atoms with E-state index in [0.717, 1.165) is 25.2 Å². The average molecular weight is 587 g/mol. The number of aliphatic hydroxyl groups is 1. The molecule has 2 heterocycles. The number of carbonyl (C=O) groups is 2. The fourth-order valence-electron chi connectivity index (χ4n) is 5.60. The van der Waals surface area contributed by atoms with Gasteiger partial charge < -0.3 is 29.3 Å². The number of hydrogen-bond acceptors (Lipinski definition) is 8. The van der Waals surface area contributed by atoms with E-state index < -0.39 is 17.7 Å². The molecule has 0 radical (unpaired) electrons. The van der Waals surface area contributed by atoms with Crippen molar-refractivity contribution in [2.45, 2.75) is 32.9 Å². The summed E-state index contributed by atoms with van der Waals surface area (Å²) in [4.78, 5) is 30.8. The van der Waals surface area contributed by atoms with E-state index in [2.05, 4.69) is 4.90 Å². The number of rotatable bonds is 11. The highest BCUT2D eigenvalue weighted by Crippen LogP contribution is 2.42. The minimum absolute atomic E-state index is 0.00515. The number of Topliss-reactive ketones (excluding diaryl/α,β-unsaturated/α-hetero) is 1. The van der Waals surface area contributed by atoms with Crippen LogP contribution in [0.25, 0.3) is 5.76 Å². The van der Waals surface area contributed by atoms with Crippen LogP contribution in [0.1, 0.15) is 41.6 Å². The normalized spacial score (nSPS) is 18.7. The molecule has 9 heteroatoms. The Bertz CT molecular complexity index is 1480. The van der Waals surface area contributed by atoms with Gasteiger partial charge in [-0.2, -0.15) is 0 Å². The molecule has 5 rings (SSSR count). The lowest BCUT2D eigenvalue weighted by Gasteiger charge is -2.29. The molecule has 2 aliphatic heterocycles. The number of phenolic OH excluding ortho intramolecular Hbond substituents is 1. The average Bonchev–Trinajstić information content (AvgIpc) is 3.27. The van der Waals surface area contributed by atoms with Crippen molar-refractivity contribution in [3.8, 4) is 17.2 Å². The Morgan fingerprint density at radius 1 is 0.977 bits per heavy atom. The maximum absolute atomic E-state index is 13.6. The SMILES string of the molecule is CCOc1cc([C@@H]2C(=C(O)c3ccc(OCc4ccccc4)cc3C)C(=O)C(=O)N2CCCN2CCOCC2)ccc1O. The zero-order chi connectivity index (χ0) is 30.3. The molecule has 3 aromatic carbocycles. The molecule has 0 aliphatic carbocycles. The van der Waals surface area contributed by atoms with E-state index in [1.54, 1.807) is 37.3 Å². The van der Waals surface area contributed by atoms with Crippen molar-refractivity contribution in [3.05, 3.63) is 94.6 Å². The molecule has 226 valence electrons. The third-order valence-electron chi connectivity index (χ3n) is 7.82. The molecular weight excluding hydrogens is 548 g/mol. The first-order valence-corrected chi connectivity index (χ1v) is 14.7. The van der Waals surface area contributed by atoms with Gasteiger partial charge in [0.1, 0.15) is 18.1 Å².